The van der Waals surface area contributed by atoms with Gasteiger partial charge in [0, 0.05) is 25.1 Å². The molecular formula is C14H19N3O. The van der Waals surface area contributed by atoms with Crippen molar-refractivity contribution in [3.63, 3.8) is 0 Å². The molecule has 4 heteroatoms. The number of aromatic nitrogens is 2. The third-order valence-electron chi connectivity index (χ3n) is 3.73. The van der Waals surface area contributed by atoms with Gasteiger partial charge in [-0.3, -0.25) is 0 Å². The van der Waals surface area contributed by atoms with Gasteiger partial charge in [-0.05, 0) is 32.0 Å². The number of imidazole rings is 1. The van der Waals surface area contributed by atoms with Crippen LogP contribution in [0.5, 0.6) is 5.75 Å². The molecule has 4 nitrogen and oxygen atoms in total. The van der Waals surface area contributed by atoms with Crippen LogP contribution in [0.4, 0.5) is 0 Å². The van der Waals surface area contributed by atoms with Crippen LogP contribution in [0.1, 0.15) is 25.1 Å². The summed E-state index contributed by atoms with van der Waals surface area (Å²) < 4.78 is 7.59. The molecule has 0 spiro atoms. The molecule has 0 radical (unpaired) electrons. The summed E-state index contributed by atoms with van der Waals surface area (Å²) in [4.78, 5) is 4.82. The summed E-state index contributed by atoms with van der Waals surface area (Å²) in [5.41, 5.74) is 2.25. The van der Waals surface area contributed by atoms with Gasteiger partial charge in [0.25, 0.3) is 0 Å². The number of nitrogens with zero attached hydrogens (tertiary/aromatic N) is 2. The second kappa shape index (κ2) is 4.61. The second-order valence-corrected chi connectivity index (χ2v) is 4.76. The Labute approximate surface area is 107 Å². The Kier molecular flexibility index (Phi) is 2.96. The minimum atomic E-state index is 0.545. The molecule has 1 aliphatic rings. The zero-order valence-corrected chi connectivity index (χ0v) is 10.9. The number of hydrogen-bond acceptors (Lipinski definition) is 3. The van der Waals surface area contributed by atoms with Crippen LogP contribution in [0.15, 0.2) is 18.2 Å². The summed E-state index contributed by atoms with van der Waals surface area (Å²) in [6.07, 6.45) is 1.18. The monoisotopic (exact) mass is 245 g/mol. The lowest BCUT2D eigenvalue weighted by atomic mass is 10.1. The number of hydrogen-bond donors (Lipinski definition) is 1. The Balaban J connectivity index is 2.12. The quantitative estimate of drug-likeness (QED) is 0.900. The summed E-state index contributed by atoms with van der Waals surface area (Å²) in [7, 11) is 1.69. The molecule has 96 valence electrons. The van der Waals surface area contributed by atoms with Crippen LogP contribution in [0, 0.1) is 0 Å². The Morgan fingerprint density at radius 1 is 1.50 bits per heavy atom. The molecule has 1 aliphatic heterocycles. The van der Waals surface area contributed by atoms with E-state index in [0.717, 1.165) is 30.9 Å². The van der Waals surface area contributed by atoms with Gasteiger partial charge >= 0.3 is 0 Å². The van der Waals surface area contributed by atoms with Gasteiger partial charge in [-0.2, -0.15) is 0 Å². The van der Waals surface area contributed by atoms with E-state index in [2.05, 4.69) is 22.9 Å². The van der Waals surface area contributed by atoms with Gasteiger partial charge in [-0.15, -0.1) is 0 Å². The first kappa shape index (κ1) is 11.5. The Bertz CT molecular complexity index is 555. The third-order valence-corrected chi connectivity index (χ3v) is 3.73. The summed E-state index contributed by atoms with van der Waals surface area (Å²) >= 11 is 0. The zero-order valence-electron chi connectivity index (χ0n) is 10.9. The second-order valence-electron chi connectivity index (χ2n) is 4.76. The van der Waals surface area contributed by atoms with E-state index in [9.17, 15) is 0 Å². The number of ether oxygens (including phenoxy) is 1. The molecule has 1 fully saturated rings. The van der Waals surface area contributed by atoms with E-state index in [0.29, 0.717) is 5.92 Å². The molecule has 2 heterocycles. The van der Waals surface area contributed by atoms with Crippen LogP contribution in [0.3, 0.4) is 0 Å². The van der Waals surface area contributed by atoms with Crippen molar-refractivity contribution < 1.29 is 4.74 Å². The largest absolute Gasteiger partial charge is 0.497 e. The zero-order chi connectivity index (χ0) is 12.5. The van der Waals surface area contributed by atoms with Crippen molar-refractivity contribution in [2.24, 2.45) is 0 Å². The predicted molar refractivity (Wildman–Crippen MR) is 72.2 cm³/mol. The van der Waals surface area contributed by atoms with Crippen LogP contribution >= 0.6 is 0 Å². The number of nitrogens with one attached hydrogen (secondary N) is 1. The SMILES string of the molecule is CCn1c(C2CCNC2)nc2cc(OC)ccc21. The van der Waals surface area contributed by atoms with E-state index in [1.54, 1.807) is 7.11 Å². The van der Waals surface area contributed by atoms with Gasteiger partial charge in [-0.1, -0.05) is 0 Å². The van der Waals surface area contributed by atoms with Gasteiger partial charge in [-0.25, -0.2) is 4.98 Å². The molecule has 1 aromatic heterocycles. The van der Waals surface area contributed by atoms with Crippen molar-refractivity contribution in [2.75, 3.05) is 20.2 Å². The molecule has 1 aromatic carbocycles. The van der Waals surface area contributed by atoms with Gasteiger partial charge in [0.05, 0.1) is 18.1 Å². The van der Waals surface area contributed by atoms with Crippen molar-refractivity contribution in [2.45, 2.75) is 25.8 Å². The molecule has 1 saturated heterocycles. The fourth-order valence-electron chi connectivity index (χ4n) is 2.77. The van der Waals surface area contributed by atoms with E-state index in [1.165, 1.54) is 17.8 Å². The Morgan fingerprint density at radius 2 is 2.39 bits per heavy atom. The topological polar surface area (TPSA) is 39.1 Å². The van der Waals surface area contributed by atoms with Gasteiger partial charge in [0.2, 0.25) is 0 Å². The molecule has 0 aliphatic carbocycles. The summed E-state index contributed by atoms with van der Waals surface area (Å²) in [6, 6.07) is 6.14. The van der Waals surface area contributed by atoms with E-state index in [-0.39, 0.29) is 0 Å². The molecule has 1 N–H and O–H groups in total. The maximum absolute atomic E-state index is 5.27. The maximum Gasteiger partial charge on any atom is 0.121 e. The van der Waals surface area contributed by atoms with Crippen LogP contribution in [0.2, 0.25) is 0 Å². The normalized spacial score (nSPS) is 19.6. The van der Waals surface area contributed by atoms with Gasteiger partial charge < -0.3 is 14.6 Å². The highest BCUT2D eigenvalue weighted by atomic mass is 16.5. The Morgan fingerprint density at radius 3 is 3.06 bits per heavy atom. The maximum atomic E-state index is 5.27. The van der Waals surface area contributed by atoms with E-state index in [4.69, 9.17) is 9.72 Å². The van der Waals surface area contributed by atoms with Crippen LogP contribution in [-0.4, -0.2) is 29.8 Å². The molecule has 0 amide bonds. The third kappa shape index (κ3) is 1.77. The van der Waals surface area contributed by atoms with E-state index >= 15 is 0 Å². The van der Waals surface area contributed by atoms with Crippen molar-refractivity contribution in [1.82, 2.24) is 14.9 Å². The molecule has 0 bridgehead atoms. The van der Waals surface area contributed by atoms with Crippen LogP contribution < -0.4 is 10.1 Å². The fraction of sp³-hybridized carbons (Fsp3) is 0.500. The molecule has 18 heavy (non-hydrogen) atoms. The molecule has 2 aromatic rings. The number of rotatable bonds is 3. The molecule has 1 atom stereocenters. The smallest absolute Gasteiger partial charge is 0.121 e. The first-order valence-corrected chi connectivity index (χ1v) is 6.58. The van der Waals surface area contributed by atoms with Gasteiger partial charge in [0.15, 0.2) is 0 Å². The summed E-state index contributed by atoms with van der Waals surface area (Å²) in [5, 5.41) is 3.41. The van der Waals surface area contributed by atoms with E-state index < -0.39 is 0 Å². The van der Waals surface area contributed by atoms with Gasteiger partial charge in [0.1, 0.15) is 11.6 Å². The van der Waals surface area contributed by atoms with Crippen molar-refractivity contribution >= 4 is 11.0 Å². The van der Waals surface area contributed by atoms with Crippen molar-refractivity contribution in [1.29, 1.82) is 0 Å². The minimum absolute atomic E-state index is 0.545. The highest BCUT2D eigenvalue weighted by molar-refractivity contribution is 5.78. The van der Waals surface area contributed by atoms with Crippen LogP contribution in [0.25, 0.3) is 11.0 Å². The van der Waals surface area contributed by atoms with Crippen LogP contribution in [-0.2, 0) is 6.54 Å². The highest BCUT2D eigenvalue weighted by Crippen LogP contribution is 2.28. The molecule has 3 rings (SSSR count). The fourth-order valence-corrected chi connectivity index (χ4v) is 2.77. The van der Waals surface area contributed by atoms with Crippen molar-refractivity contribution in [3.05, 3.63) is 24.0 Å². The molecule has 0 saturated carbocycles. The highest BCUT2D eigenvalue weighted by Gasteiger charge is 2.22. The standard InChI is InChI=1S/C14H19N3O/c1-3-17-13-5-4-11(18-2)8-12(13)16-14(17)10-6-7-15-9-10/h4-5,8,10,15H,3,6-7,9H2,1-2H3. The molecular weight excluding hydrogens is 226 g/mol. The summed E-state index contributed by atoms with van der Waals surface area (Å²) in [6.45, 7) is 5.28. The average Bonchev–Trinajstić information content (AvgIpc) is 3.04. The lowest BCUT2D eigenvalue weighted by Gasteiger charge is -2.10. The van der Waals surface area contributed by atoms with Crippen molar-refractivity contribution in [3.8, 4) is 5.75 Å². The number of methoxy groups -OCH3 is 1. The number of fused-ring (bicyclic) bond motifs is 1. The number of benzene rings is 1. The lowest BCUT2D eigenvalue weighted by Crippen LogP contribution is -2.12. The first-order chi connectivity index (χ1) is 8.83. The minimum Gasteiger partial charge on any atom is -0.497 e. The first-order valence-electron chi connectivity index (χ1n) is 6.58. The lowest BCUT2D eigenvalue weighted by molar-refractivity contribution is 0.415. The summed E-state index contributed by atoms with van der Waals surface area (Å²) in [5.74, 6) is 2.63. The van der Waals surface area contributed by atoms with E-state index in [1.807, 2.05) is 12.1 Å². The average molecular weight is 245 g/mol. The Hall–Kier alpha value is -1.55. The number of aryl methyl sites for hydroxylation is 1. The molecule has 1 unspecified atom stereocenters. The predicted octanol–water partition coefficient (Wildman–Crippen LogP) is 2.14.